The minimum absolute atomic E-state index is 0.00377. The molecule has 1 atom stereocenters. The van der Waals surface area contributed by atoms with E-state index in [-0.39, 0.29) is 10.5 Å². The molecule has 25 heavy (non-hydrogen) atoms. The van der Waals surface area contributed by atoms with Crippen molar-refractivity contribution in [1.82, 2.24) is 4.31 Å². The first-order chi connectivity index (χ1) is 11.8. The van der Waals surface area contributed by atoms with Gasteiger partial charge in [-0.05, 0) is 25.1 Å². The smallest absolute Gasteiger partial charge is 0.339 e. The van der Waals surface area contributed by atoms with E-state index < -0.39 is 22.0 Å². The Hall–Kier alpha value is -2.38. The summed E-state index contributed by atoms with van der Waals surface area (Å²) in [4.78, 5) is 11.8. The van der Waals surface area contributed by atoms with Crippen LogP contribution >= 0.6 is 0 Å². The van der Waals surface area contributed by atoms with Crippen LogP contribution in [0.3, 0.4) is 0 Å². The van der Waals surface area contributed by atoms with E-state index in [2.05, 4.69) is 0 Å². The van der Waals surface area contributed by atoms with Gasteiger partial charge in [0.1, 0.15) is 5.75 Å². The predicted octanol–water partition coefficient (Wildman–Crippen LogP) is 2.86. The Bertz CT molecular complexity index is 863. The largest absolute Gasteiger partial charge is 0.496 e. The third-order valence-corrected chi connectivity index (χ3v) is 6.07. The molecule has 2 aromatic rings. The van der Waals surface area contributed by atoms with Crippen LogP contribution < -0.4 is 4.74 Å². The van der Waals surface area contributed by atoms with Crippen LogP contribution in [0.4, 0.5) is 0 Å². The van der Waals surface area contributed by atoms with Gasteiger partial charge in [-0.25, -0.2) is 13.2 Å². The Balaban J connectivity index is 2.48. The molecule has 0 N–H and O–H groups in total. The van der Waals surface area contributed by atoms with E-state index in [4.69, 9.17) is 9.47 Å². The van der Waals surface area contributed by atoms with Crippen LogP contribution in [-0.4, -0.2) is 40.0 Å². The highest BCUT2D eigenvalue weighted by Crippen LogP contribution is 2.32. The lowest BCUT2D eigenvalue weighted by molar-refractivity contribution is 0.0596. The number of carbonyl (C=O) groups excluding carboxylic acids is 1. The molecule has 0 aliphatic carbocycles. The van der Waals surface area contributed by atoms with Crippen LogP contribution in [-0.2, 0) is 14.8 Å². The topological polar surface area (TPSA) is 72.9 Å². The molecular formula is C18H21NO5S. The number of para-hydroxylation sites is 1. The molecule has 2 aromatic carbocycles. The van der Waals surface area contributed by atoms with Gasteiger partial charge < -0.3 is 9.47 Å². The summed E-state index contributed by atoms with van der Waals surface area (Å²) in [7, 11) is 0.302. The van der Waals surface area contributed by atoms with Gasteiger partial charge in [0.05, 0.1) is 30.7 Å². The van der Waals surface area contributed by atoms with Crippen LogP contribution in [0.1, 0.15) is 28.9 Å². The van der Waals surface area contributed by atoms with Crippen molar-refractivity contribution in [1.29, 1.82) is 0 Å². The molecule has 0 heterocycles. The summed E-state index contributed by atoms with van der Waals surface area (Å²) in [6.07, 6.45) is 0. The van der Waals surface area contributed by atoms with Gasteiger partial charge in [0, 0.05) is 12.6 Å². The Morgan fingerprint density at radius 3 is 2.28 bits per heavy atom. The van der Waals surface area contributed by atoms with Crippen molar-refractivity contribution in [3.63, 3.8) is 0 Å². The predicted molar refractivity (Wildman–Crippen MR) is 94.1 cm³/mol. The summed E-state index contributed by atoms with van der Waals surface area (Å²) in [5.41, 5.74) is 0.732. The number of ether oxygens (including phenoxy) is 2. The molecule has 0 aliphatic rings. The second-order valence-electron chi connectivity index (χ2n) is 5.43. The van der Waals surface area contributed by atoms with E-state index >= 15 is 0 Å². The maximum atomic E-state index is 13.1. The van der Waals surface area contributed by atoms with Crippen molar-refractivity contribution in [3.05, 3.63) is 59.7 Å². The van der Waals surface area contributed by atoms with Crippen LogP contribution in [0.25, 0.3) is 0 Å². The first-order valence-electron chi connectivity index (χ1n) is 7.63. The molecule has 0 bridgehead atoms. The lowest BCUT2D eigenvalue weighted by Crippen LogP contribution is -2.31. The molecule has 0 saturated heterocycles. The van der Waals surface area contributed by atoms with Crippen LogP contribution in [0, 0.1) is 0 Å². The van der Waals surface area contributed by atoms with E-state index in [0.717, 1.165) is 5.56 Å². The SMILES string of the molecule is COC(=O)c1ccccc1S(=O)(=O)N(C)[C@H](C)c1ccccc1OC. The fourth-order valence-corrected chi connectivity index (χ4v) is 4.06. The number of nitrogens with zero attached hydrogens (tertiary/aromatic N) is 1. The molecule has 0 saturated carbocycles. The van der Waals surface area contributed by atoms with Gasteiger partial charge in [0.25, 0.3) is 0 Å². The van der Waals surface area contributed by atoms with Gasteiger partial charge in [0.2, 0.25) is 10.0 Å². The molecule has 0 spiro atoms. The number of methoxy groups -OCH3 is 2. The number of carbonyl (C=O) groups is 1. The van der Waals surface area contributed by atoms with Crippen LogP contribution in [0.15, 0.2) is 53.4 Å². The zero-order valence-corrected chi connectivity index (χ0v) is 15.4. The lowest BCUT2D eigenvalue weighted by atomic mass is 10.1. The monoisotopic (exact) mass is 363 g/mol. The van der Waals surface area contributed by atoms with Crippen molar-refractivity contribution in [3.8, 4) is 5.75 Å². The van der Waals surface area contributed by atoms with Crippen molar-refractivity contribution in [2.24, 2.45) is 0 Å². The highest BCUT2D eigenvalue weighted by molar-refractivity contribution is 7.89. The maximum Gasteiger partial charge on any atom is 0.339 e. The van der Waals surface area contributed by atoms with E-state index in [9.17, 15) is 13.2 Å². The highest BCUT2D eigenvalue weighted by atomic mass is 32.2. The second-order valence-corrected chi connectivity index (χ2v) is 7.39. The van der Waals surface area contributed by atoms with E-state index in [0.29, 0.717) is 5.75 Å². The molecule has 0 aromatic heterocycles. The van der Waals surface area contributed by atoms with E-state index in [1.807, 2.05) is 18.2 Å². The summed E-state index contributed by atoms with van der Waals surface area (Å²) >= 11 is 0. The summed E-state index contributed by atoms with van der Waals surface area (Å²) in [5, 5.41) is 0. The standard InChI is InChI=1S/C18H21NO5S/c1-13(14-9-5-7-11-16(14)23-3)19(2)25(21,22)17-12-8-6-10-15(17)18(20)24-4/h5-13H,1-4H3/t13-/m1/s1. The van der Waals surface area contributed by atoms with Crippen molar-refractivity contribution >= 4 is 16.0 Å². The molecule has 0 fully saturated rings. The quantitative estimate of drug-likeness (QED) is 0.738. The van der Waals surface area contributed by atoms with Gasteiger partial charge in [-0.3, -0.25) is 0 Å². The Morgan fingerprint density at radius 1 is 1.04 bits per heavy atom. The molecule has 2 rings (SSSR count). The van der Waals surface area contributed by atoms with Gasteiger partial charge in [0.15, 0.2) is 0 Å². The molecule has 0 aliphatic heterocycles. The molecule has 0 amide bonds. The molecule has 7 heteroatoms. The number of hydrogen-bond acceptors (Lipinski definition) is 5. The number of benzene rings is 2. The number of hydrogen-bond donors (Lipinski definition) is 0. The number of rotatable bonds is 6. The number of esters is 1. The van der Waals surface area contributed by atoms with Gasteiger partial charge >= 0.3 is 5.97 Å². The van der Waals surface area contributed by atoms with Crippen LogP contribution in [0.5, 0.6) is 5.75 Å². The Labute approximate surface area is 148 Å². The zero-order valence-electron chi connectivity index (χ0n) is 14.6. The second kappa shape index (κ2) is 7.67. The first-order valence-corrected chi connectivity index (χ1v) is 9.07. The zero-order chi connectivity index (χ0) is 18.6. The summed E-state index contributed by atoms with van der Waals surface area (Å²) in [6.45, 7) is 1.76. The fourth-order valence-electron chi connectivity index (χ4n) is 2.54. The summed E-state index contributed by atoms with van der Waals surface area (Å²) < 4.78 is 37.4. The number of sulfonamides is 1. The Morgan fingerprint density at radius 2 is 1.64 bits per heavy atom. The molecular weight excluding hydrogens is 342 g/mol. The molecule has 0 radical (unpaired) electrons. The first kappa shape index (κ1) is 19.0. The normalized spacial score (nSPS) is 12.7. The summed E-state index contributed by atoms with van der Waals surface area (Å²) in [6, 6.07) is 12.7. The van der Waals surface area contributed by atoms with Crippen molar-refractivity contribution < 1.29 is 22.7 Å². The Kier molecular flexibility index (Phi) is 5.81. The average molecular weight is 363 g/mol. The fraction of sp³-hybridized carbons (Fsp3) is 0.278. The van der Waals surface area contributed by atoms with Gasteiger partial charge in [-0.1, -0.05) is 30.3 Å². The van der Waals surface area contributed by atoms with E-state index in [1.54, 1.807) is 25.1 Å². The third-order valence-electron chi connectivity index (χ3n) is 4.08. The van der Waals surface area contributed by atoms with Gasteiger partial charge in [-0.15, -0.1) is 0 Å². The van der Waals surface area contributed by atoms with Crippen molar-refractivity contribution in [2.45, 2.75) is 17.9 Å². The highest BCUT2D eigenvalue weighted by Gasteiger charge is 2.31. The maximum absolute atomic E-state index is 13.1. The third kappa shape index (κ3) is 3.67. The van der Waals surface area contributed by atoms with Crippen molar-refractivity contribution in [2.75, 3.05) is 21.3 Å². The molecule has 134 valence electrons. The lowest BCUT2D eigenvalue weighted by Gasteiger charge is -2.26. The average Bonchev–Trinajstić information content (AvgIpc) is 2.65. The molecule has 0 unspecified atom stereocenters. The minimum atomic E-state index is -3.92. The van der Waals surface area contributed by atoms with Gasteiger partial charge in [-0.2, -0.15) is 4.31 Å². The molecule has 6 nitrogen and oxygen atoms in total. The van der Waals surface area contributed by atoms with E-state index in [1.165, 1.54) is 37.7 Å². The minimum Gasteiger partial charge on any atom is -0.496 e. The van der Waals surface area contributed by atoms with Crippen LogP contribution in [0.2, 0.25) is 0 Å². The summed E-state index contributed by atoms with van der Waals surface area (Å²) in [5.74, 6) is -0.101.